The maximum absolute atomic E-state index is 11.6. The Morgan fingerprint density at radius 2 is 1.93 bits per heavy atom. The molecule has 138 valence electrons. The van der Waals surface area contributed by atoms with Crippen molar-refractivity contribution in [3.63, 3.8) is 0 Å². The number of fused-ring (bicyclic) bond motifs is 1. The van der Waals surface area contributed by atoms with Crippen LogP contribution in [0.15, 0.2) is 73.8 Å². The molecule has 0 atom stereocenters. The summed E-state index contributed by atoms with van der Waals surface area (Å²) >= 11 is 0. The standard InChI is InChI=1S/C22H19N5O/c1-3-21(28)27-17-6-4-5-14(7-17)15-9-19-20(13-26-22(19)25-11-15)16-8-18(23-2)12-24-10-16/h3-13,23H,1H2,2H3,(H,25,26)(H,27,28). The van der Waals surface area contributed by atoms with Gasteiger partial charge < -0.3 is 15.6 Å². The minimum Gasteiger partial charge on any atom is -0.387 e. The van der Waals surface area contributed by atoms with Crippen LogP contribution >= 0.6 is 0 Å². The number of hydrogen-bond donors (Lipinski definition) is 3. The number of pyridine rings is 2. The average Bonchev–Trinajstić information content (AvgIpc) is 3.17. The Kier molecular flexibility index (Phi) is 4.60. The number of aromatic nitrogens is 3. The van der Waals surface area contributed by atoms with E-state index < -0.39 is 0 Å². The number of benzene rings is 1. The first-order chi connectivity index (χ1) is 13.7. The maximum Gasteiger partial charge on any atom is 0.247 e. The lowest BCUT2D eigenvalue weighted by Crippen LogP contribution is -2.06. The van der Waals surface area contributed by atoms with Crippen LogP contribution < -0.4 is 10.6 Å². The van der Waals surface area contributed by atoms with Gasteiger partial charge in [0.25, 0.3) is 0 Å². The number of anilines is 2. The number of hydrogen-bond acceptors (Lipinski definition) is 4. The minimum atomic E-state index is -0.240. The van der Waals surface area contributed by atoms with Gasteiger partial charge in [-0.05, 0) is 35.9 Å². The molecule has 0 radical (unpaired) electrons. The van der Waals surface area contributed by atoms with Crippen molar-refractivity contribution in [1.29, 1.82) is 0 Å². The highest BCUT2D eigenvalue weighted by Crippen LogP contribution is 2.32. The summed E-state index contributed by atoms with van der Waals surface area (Å²) in [5.41, 5.74) is 6.43. The molecule has 1 aromatic carbocycles. The molecule has 0 aliphatic rings. The molecule has 0 saturated carbocycles. The van der Waals surface area contributed by atoms with Gasteiger partial charge in [-0.25, -0.2) is 4.98 Å². The molecule has 4 aromatic rings. The summed E-state index contributed by atoms with van der Waals surface area (Å²) in [6.45, 7) is 3.48. The first-order valence-corrected chi connectivity index (χ1v) is 8.82. The van der Waals surface area contributed by atoms with Crippen molar-refractivity contribution >= 4 is 28.3 Å². The van der Waals surface area contributed by atoms with Gasteiger partial charge in [0.2, 0.25) is 5.91 Å². The summed E-state index contributed by atoms with van der Waals surface area (Å²) in [6.07, 6.45) is 8.63. The van der Waals surface area contributed by atoms with Crippen molar-refractivity contribution in [3.05, 3.63) is 73.8 Å². The summed E-state index contributed by atoms with van der Waals surface area (Å²) in [6, 6.07) is 11.8. The van der Waals surface area contributed by atoms with Crippen molar-refractivity contribution in [1.82, 2.24) is 15.0 Å². The van der Waals surface area contributed by atoms with Crippen LogP contribution in [0.5, 0.6) is 0 Å². The van der Waals surface area contributed by atoms with Crippen LogP contribution in [-0.4, -0.2) is 27.9 Å². The van der Waals surface area contributed by atoms with Gasteiger partial charge in [0.1, 0.15) is 5.65 Å². The van der Waals surface area contributed by atoms with Gasteiger partial charge in [0, 0.05) is 59.6 Å². The van der Waals surface area contributed by atoms with Gasteiger partial charge in [-0.3, -0.25) is 9.78 Å². The molecule has 6 nitrogen and oxygen atoms in total. The number of carbonyl (C=O) groups excluding carboxylic acids is 1. The fourth-order valence-electron chi connectivity index (χ4n) is 3.09. The predicted molar refractivity (Wildman–Crippen MR) is 113 cm³/mol. The second-order valence-electron chi connectivity index (χ2n) is 6.31. The number of rotatable bonds is 5. The van der Waals surface area contributed by atoms with Crippen LogP contribution in [0.3, 0.4) is 0 Å². The van der Waals surface area contributed by atoms with Crippen LogP contribution in [-0.2, 0) is 4.79 Å². The third-order valence-corrected chi connectivity index (χ3v) is 4.52. The lowest BCUT2D eigenvalue weighted by Gasteiger charge is -2.07. The molecule has 4 rings (SSSR count). The molecule has 0 unspecified atom stereocenters. The number of nitrogens with one attached hydrogen (secondary N) is 3. The highest BCUT2D eigenvalue weighted by molar-refractivity contribution is 5.99. The van der Waals surface area contributed by atoms with Crippen LogP contribution in [0.2, 0.25) is 0 Å². The Balaban J connectivity index is 1.77. The van der Waals surface area contributed by atoms with Gasteiger partial charge in [-0.1, -0.05) is 18.7 Å². The zero-order valence-electron chi connectivity index (χ0n) is 15.4. The molecule has 28 heavy (non-hydrogen) atoms. The van der Waals surface area contributed by atoms with Crippen molar-refractivity contribution < 1.29 is 4.79 Å². The van der Waals surface area contributed by atoms with E-state index in [0.29, 0.717) is 5.69 Å². The zero-order valence-corrected chi connectivity index (χ0v) is 15.4. The van der Waals surface area contributed by atoms with Crippen molar-refractivity contribution in [3.8, 4) is 22.3 Å². The zero-order chi connectivity index (χ0) is 19.5. The SMILES string of the molecule is C=CC(=O)Nc1cccc(-c2cnc3[nH]cc(-c4cncc(NC)c4)c3c2)c1. The molecule has 3 N–H and O–H groups in total. The van der Waals surface area contributed by atoms with E-state index in [4.69, 9.17) is 0 Å². The third-order valence-electron chi connectivity index (χ3n) is 4.52. The fraction of sp³-hybridized carbons (Fsp3) is 0.0455. The topological polar surface area (TPSA) is 82.7 Å². The maximum atomic E-state index is 11.6. The average molecular weight is 369 g/mol. The molecule has 6 heteroatoms. The van der Waals surface area contributed by atoms with Gasteiger partial charge in [0.05, 0.1) is 5.69 Å². The molecule has 0 aliphatic carbocycles. The molecule has 3 aromatic heterocycles. The molecule has 0 fully saturated rings. The summed E-state index contributed by atoms with van der Waals surface area (Å²) in [5.74, 6) is -0.240. The fourth-order valence-corrected chi connectivity index (χ4v) is 3.09. The Labute approximate surface area is 162 Å². The first-order valence-electron chi connectivity index (χ1n) is 8.82. The molecule has 0 bridgehead atoms. The van der Waals surface area contributed by atoms with Crippen LogP contribution in [0.1, 0.15) is 0 Å². The summed E-state index contributed by atoms with van der Waals surface area (Å²) < 4.78 is 0. The normalized spacial score (nSPS) is 10.6. The molecule has 0 spiro atoms. The molecular weight excluding hydrogens is 350 g/mol. The molecule has 3 heterocycles. The quantitative estimate of drug-likeness (QED) is 0.454. The molecule has 0 saturated heterocycles. The minimum absolute atomic E-state index is 0.240. The molecule has 1 amide bonds. The van der Waals surface area contributed by atoms with E-state index in [1.165, 1.54) is 6.08 Å². The molecular formula is C22H19N5O. The first kappa shape index (κ1) is 17.5. The van der Waals surface area contributed by atoms with Crippen LogP contribution in [0.4, 0.5) is 11.4 Å². The second kappa shape index (κ2) is 7.36. The number of carbonyl (C=O) groups is 1. The summed E-state index contributed by atoms with van der Waals surface area (Å²) in [5, 5.41) is 6.90. The highest BCUT2D eigenvalue weighted by atomic mass is 16.1. The van der Waals surface area contributed by atoms with E-state index in [9.17, 15) is 4.79 Å². The van der Waals surface area contributed by atoms with E-state index in [1.807, 2.05) is 56.0 Å². The third kappa shape index (κ3) is 3.35. The Bertz CT molecular complexity index is 1180. The Hall–Kier alpha value is -3.93. The van der Waals surface area contributed by atoms with Crippen LogP contribution in [0.25, 0.3) is 33.3 Å². The number of nitrogens with zero attached hydrogens (tertiary/aromatic N) is 2. The Morgan fingerprint density at radius 1 is 1.07 bits per heavy atom. The van der Waals surface area contributed by atoms with Gasteiger partial charge in [-0.2, -0.15) is 0 Å². The number of aromatic amines is 1. The van der Waals surface area contributed by atoms with E-state index in [2.05, 4.69) is 38.2 Å². The van der Waals surface area contributed by atoms with Crippen molar-refractivity contribution in [2.24, 2.45) is 0 Å². The van der Waals surface area contributed by atoms with Crippen LogP contribution in [0, 0.1) is 0 Å². The molecule has 0 aliphatic heterocycles. The highest BCUT2D eigenvalue weighted by Gasteiger charge is 2.10. The van der Waals surface area contributed by atoms with Gasteiger partial charge in [-0.15, -0.1) is 0 Å². The van der Waals surface area contributed by atoms with Crippen molar-refractivity contribution in [2.75, 3.05) is 17.7 Å². The second-order valence-corrected chi connectivity index (χ2v) is 6.31. The van der Waals surface area contributed by atoms with E-state index >= 15 is 0 Å². The monoisotopic (exact) mass is 369 g/mol. The predicted octanol–water partition coefficient (Wildman–Crippen LogP) is 4.46. The summed E-state index contributed by atoms with van der Waals surface area (Å²) in [7, 11) is 1.87. The van der Waals surface area contributed by atoms with Crippen molar-refractivity contribution in [2.45, 2.75) is 0 Å². The Morgan fingerprint density at radius 3 is 2.75 bits per heavy atom. The van der Waals surface area contributed by atoms with Gasteiger partial charge in [0.15, 0.2) is 0 Å². The van der Waals surface area contributed by atoms with E-state index in [0.717, 1.165) is 39.0 Å². The lowest BCUT2D eigenvalue weighted by molar-refractivity contribution is -0.111. The number of H-pyrrole nitrogens is 1. The van der Waals surface area contributed by atoms with Gasteiger partial charge >= 0.3 is 0 Å². The smallest absolute Gasteiger partial charge is 0.247 e. The lowest BCUT2D eigenvalue weighted by atomic mass is 10.0. The largest absolute Gasteiger partial charge is 0.387 e. The van der Waals surface area contributed by atoms with E-state index in [-0.39, 0.29) is 5.91 Å². The van der Waals surface area contributed by atoms with E-state index in [1.54, 1.807) is 6.20 Å². The summed E-state index contributed by atoms with van der Waals surface area (Å²) in [4.78, 5) is 23.6. The number of amides is 1.